The summed E-state index contributed by atoms with van der Waals surface area (Å²) in [6, 6.07) is 16.7. The van der Waals surface area contributed by atoms with Gasteiger partial charge in [-0.3, -0.25) is 4.79 Å². The molecule has 1 fully saturated rings. The van der Waals surface area contributed by atoms with E-state index in [0.29, 0.717) is 30.6 Å². The third-order valence-corrected chi connectivity index (χ3v) is 4.47. The second-order valence-corrected chi connectivity index (χ2v) is 5.77. The molecular formula is C18H15NO3. The third-order valence-electron chi connectivity index (χ3n) is 4.47. The first-order chi connectivity index (χ1) is 10.7. The number of carbonyl (C=O) groups excluding carboxylic acids is 2. The maximum Gasteiger partial charge on any atom is 0.339 e. The monoisotopic (exact) mass is 293 g/mol. The molecule has 1 spiro atoms. The summed E-state index contributed by atoms with van der Waals surface area (Å²) in [4.78, 5) is 26.4. The van der Waals surface area contributed by atoms with Gasteiger partial charge >= 0.3 is 5.97 Å². The Morgan fingerprint density at radius 1 is 1.05 bits per heavy atom. The topological polar surface area (TPSA) is 46.6 Å². The first-order valence-corrected chi connectivity index (χ1v) is 7.37. The molecule has 2 aliphatic rings. The van der Waals surface area contributed by atoms with Crippen molar-refractivity contribution in [2.24, 2.45) is 0 Å². The zero-order valence-corrected chi connectivity index (χ0v) is 12.0. The molecule has 1 atom stereocenters. The summed E-state index contributed by atoms with van der Waals surface area (Å²) in [5.74, 6) is -0.303. The van der Waals surface area contributed by atoms with Crippen LogP contribution in [0.4, 0.5) is 0 Å². The zero-order valence-electron chi connectivity index (χ0n) is 12.0. The first-order valence-electron chi connectivity index (χ1n) is 7.37. The van der Waals surface area contributed by atoms with Gasteiger partial charge in [0, 0.05) is 24.1 Å². The van der Waals surface area contributed by atoms with Gasteiger partial charge in [-0.2, -0.15) is 0 Å². The number of carbonyl (C=O) groups is 2. The van der Waals surface area contributed by atoms with Crippen LogP contribution in [0, 0.1) is 0 Å². The molecule has 1 unspecified atom stereocenters. The quantitative estimate of drug-likeness (QED) is 0.759. The van der Waals surface area contributed by atoms with Gasteiger partial charge in [-0.05, 0) is 18.2 Å². The fourth-order valence-electron chi connectivity index (χ4n) is 3.37. The van der Waals surface area contributed by atoms with Crippen LogP contribution >= 0.6 is 0 Å². The lowest BCUT2D eigenvalue weighted by atomic mass is 9.91. The molecule has 2 aliphatic heterocycles. The van der Waals surface area contributed by atoms with E-state index in [1.807, 2.05) is 48.5 Å². The normalized spacial score (nSPS) is 22.7. The minimum atomic E-state index is -0.669. The van der Waals surface area contributed by atoms with Crippen LogP contribution in [-0.4, -0.2) is 29.9 Å². The Morgan fingerprint density at radius 3 is 2.59 bits per heavy atom. The van der Waals surface area contributed by atoms with Crippen molar-refractivity contribution in [1.82, 2.24) is 4.90 Å². The second-order valence-electron chi connectivity index (χ2n) is 5.77. The van der Waals surface area contributed by atoms with Crippen LogP contribution in [0.5, 0.6) is 0 Å². The zero-order chi connectivity index (χ0) is 15.2. The van der Waals surface area contributed by atoms with Crippen molar-refractivity contribution in [3.05, 3.63) is 71.3 Å². The Morgan fingerprint density at radius 2 is 1.77 bits per heavy atom. The van der Waals surface area contributed by atoms with Crippen molar-refractivity contribution >= 4 is 11.9 Å². The number of nitrogens with zero attached hydrogens (tertiary/aromatic N) is 1. The van der Waals surface area contributed by atoms with Crippen LogP contribution in [-0.2, 0) is 10.3 Å². The van der Waals surface area contributed by atoms with Crippen molar-refractivity contribution in [1.29, 1.82) is 0 Å². The number of likely N-dealkylation sites (tertiary alicyclic amines) is 1. The summed E-state index contributed by atoms with van der Waals surface area (Å²) in [5, 5.41) is 0. The van der Waals surface area contributed by atoms with Gasteiger partial charge in [0.2, 0.25) is 0 Å². The van der Waals surface area contributed by atoms with E-state index in [0.717, 1.165) is 5.56 Å². The highest BCUT2D eigenvalue weighted by atomic mass is 16.6. The van der Waals surface area contributed by atoms with Crippen molar-refractivity contribution in [3.63, 3.8) is 0 Å². The average Bonchev–Trinajstić information content (AvgIpc) is 3.11. The summed E-state index contributed by atoms with van der Waals surface area (Å²) < 4.78 is 5.66. The van der Waals surface area contributed by atoms with Crippen molar-refractivity contribution < 1.29 is 14.3 Å². The number of fused-ring (bicyclic) bond motifs is 2. The lowest BCUT2D eigenvalue weighted by molar-refractivity contribution is -0.00306. The molecule has 0 saturated carbocycles. The fraction of sp³-hybridized carbons (Fsp3) is 0.222. The molecule has 0 radical (unpaired) electrons. The minimum absolute atomic E-state index is 0.0158. The van der Waals surface area contributed by atoms with E-state index in [4.69, 9.17) is 4.74 Å². The lowest BCUT2D eigenvalue weighted by Gasteiger charge is -2.24. The van der Waals surface area contributed by atoms with E-state index in [1.165, 1.54) is 0 Å². The maximum absolute atomic E-state index is 12.6. The summed E-state index contributed by atoms with van der Waals surface area (Å²) in [7, 11) is 0. The molecule has 1 saturated heterocycles. The highest BCUT2D eigenvalue weighted by Gasteiger charge is 2.50. The summed E-state index contributed by atoms with van der Waals surface area (Å²) in [6.45, 7) is 1.01. The number of rotatable bonds is 1. The average molecular weight is 293 g/mol. The van der Waals surface area contributed by atoms with Gasteiger partial charge < -0.3 is 9.64 Å². The Hall–Kier alpha value is -2.62. The Bertz CT molecular complexity index is 756. The molecule has 0 aromatic heterocycles. The molecule has 4 nitrogen and oxygen atoms in total. The van der Waals surface area contributed by atoms with Gasteiger partial charge in [-0.15, -0.1) is 0 Å². The van der Waals surface area contributed by atoms with Crippen LogP contribution in [0.3, 0.4) is 0 Å². The number of hydrogen-bond acceptors (Lipinski definition) is 3. The fourth-order valence-corrected chi connectivity index (χ4v) is 3.37. The highest BCUT2D eigenvalue weighted by molar-refractivity contribution is 5.96. The van der Waals surface area contributed by atoms with Crippen molar-refractivity contribution in [3.8, 4) is 0 Å². The van der Waals surface area contributed by atoms with E-state index in [-0.39, 0.29) is 11.9 Å². The molecule has 2 aromatic rings. The second kappa shape index (κ2) is 4.70. The van der Waals surface area contributed by atoms with Crippen LogP contribution in [0.15, 0.2) is 54.6 Å². The largest absolute Gasteiger partial charge is 0.449 e. The number of benzene rings is 2. The van der Waals surface area contributed by atoms with Crippen molar-refractivity contribution in [2.75, 3.05) is 13.1 Å². The van der Waals surface area contributed by atoms with Gasteiger partial charge in [0.05, 0.1) is 12.1 Å². The molecule has 4 heteroatoms. The maximum atomic E-state index is 12.6. The minimum Gasteiger partial charge on any atom is -0.449 e. The van der Waals surface area contributed by atoms with Gasteiger partial charge in [-0.1, -0.05) is 36.4 Å². The van der Waals surface area contributed by atoms with Crippen LogP contribution in [0.2, 0.25) is 0 Å². The molecule has 2 aromatic carbocycles. The molecule has 0 N–H and O–H groups in total. The molecule has 110 valence electrons. The van der Waals surface area contributed by atoms with Crippen LogP contribution in [0.1, 0.15) is 32.7 Å². The molecule has 2 heterocycles. The van der Waals surface area contributed by atoms with Gasteiger partial charge in [0.15, 0.2) is 5.60 Å². The highest BCUT2D eigenvalue weighted by Crippen LogP contribution is 2.43. The molecular weight excluding hydrogens is 278 g/mol. The van der Waals surface area contributed by atoms with Crippen LogP contribution < -0.4 is 0 Å². The number of esters is 1. The Labute approximate surface area is 128 Å². The Balaban J connectivity index is 1.64. The number of ether oxygens (including phenoxy) is 1. The predicted molar refractivity (Wildman–Crippen MR) is 80.5 cm³/mol. The van der Waals surface area contributed by atoms with Crippen LogP contribution in [0.25, 0.3) is 0 Å². The molecule has 1 amide bonds. The Kier molecular flexibility index (Phi) is 2.79. The van der Waals surface area contributed by atoms with Gasteiger partial charge in [0.1, 0.15) is 0 Å². The molecule has 4 rings (SSSR count). The molecule has 0 bridgehead atoms. The van der Waals surface area contributed by atoms with E-state index >= 15 is 0 Å². The van der Waals surface area contributed by atoms with E-state index in [2.05, 4.69) is 0 Å². The molecule has 22 heavy (non-hydrogen) atoms. The predicted octanol–water partition coefficient (Wildman–Crippen LogP) is 2.60. The van der Waals surface area contributed by atoms with Crippen molar-refractivity contribution in [2.45, 2.75) is 12.0 Å². The lowest BCUT2D eigenvalue weighted by Crippen LogP contribution is -2.34. The molecule has 0 aliphatic carbocycles. The van der Waals surface area contributed by atoms with E-state index in [1.54, 1.807) is 11.0 Å². The van der Waals surface area contributed by atoms with E-state index < -0.39 is 5.60 Å². The smallest absolute Gasteiger partial charge is 0.339 e. The third kappa shape index (κ3) is 1.84. The van der Waals surface area contributed by atoms with Gasteiger partial charge in [0.25, 0.3) is 5.91 Å². The summed E-state index contributed by atoms with van der Waals surface area (Å²) in [6.07, 6.45) is 0.647. The van der Waals surface area contributed by atoms with E-state index in [9.17, 15) is 9.59 Å². The SMILES string of the molecule is O=C1OC2(CCN(C(=O)c3ccccc3)C2)c2ccccc21. The summed E-state index contributed by atoms with van der Waals surface area (Å²) in [5.41, 5.74) is 1.52. The summed E-state index contributed by atoms with van der Waals surface area (Å²) >= 11 is 0. The number of hydrogen-bond donors (Lipinski definition) is 0. The standard InChI is InChI=1S/C18H15NO3/c20-16(13-6-2-1-3-7-13)19-11-10-18(12-19)15-9-5-4-8-14(15)17(21)22-18/h1-9H,10-12H2. The number of amides is 1. The first kappa shape index (κ1) is 13.1. The van der Waals surface area contributed by atoms with Gasteiger partial charge in [-0.25, -0.2) is 4.79 Å².